The van der Waals surface area contributed by atoms with Gasteiger partial charge in [-0.3, -0.25) is 0 Å². The number of benzene rings is 1. The molecule has 0 spiro atoms. The summed E-state index contributed by atoms with van der Waals surface area (Å²) in [6, 6.07) is 6.42. The minimum Gasteiger partial charge on any atom is -0.496 e. The van der Waals surface area contributed by atoms with Crippen molar-refractivity contribution in [1.82, 2.24) is 0 Å². The summed E-state index contributed by atoms with van der Waals surface area (Å²) in [7, 11) is 1.72. The highest BCUT2D eigenvalue weighted by Gasteiger charge is 2.13. The molecule has 0 fully saturated rings. The Balaban J connectivity index is 3.10. The van der Waals surface area contributed by atoms with Crippen molar-refractivity contribution in [2.45, 2.75) is 39.0 Å². The molecular formula is C14H21ClO. The molecule has 0 aliphatic rings. The summed E-state index contributed by atoms with van der Waals surface area (Å²) < 4.78 is 5.38. The Morgan fingerprint density at radius 2 is 2.00 bits per heavy atom. The van der Waals surface area contributed by atoms with E-state index in [0.29, 0.717) is 17.7 Å². The van der Waals surface area contributed by atoms with Crippen molar-refractivity contribution in [2.24, 2.45) is 0 Å². The van der Waals surface area contributed by atoms with E-state index in [2.05, 4.69) is 39.0 Å². The average molecular weight is 241 g/mol. The van der Waals surface area contributed by atoms with E-state index in [1.54, 1.807) is 7.11 Å². The van der Waals surface area contributed by atoms with Gasteiger partial charge in [0.25, 0.3) is 0 Å². The number of rotatable bonds is 5. The Morgan fingerprint density at radius 3 is 2.44 bits per heavy atom. The van der Waals surface area contributed by atoms with E-state index < -0.39 is 0 Å². The summed E-state index contributed by atoms with van der Waals surface area (Å²) >= 11 is 5.98. The summed E-state index contributed by atoms with van der Waals surface area (Å²) in [4.78, 5) is 0. The van der Waals surface area contributed by atoms with Gasteiger partial charge in [-0.15, -0.1) is 11.6 Å². The van der Waals surface area contributed by atoms with Crippen molar-refractivity contribution in [3.8, 4) is 5.75 Å². The van der Waals surface area contributed by atoms with E-state index in [1.165, 1.54) is 11.1 Å². The monoisotopic (exact) mass is 240 g/mol. The third kappa shape index (κ3) is 2.91. The molecule has 0 aliphatic carbocycles. The van der Waals surface area contributed by atoms with Gasteiger partial charge in [0.2, 0.25) is 0 Å². The molecule has 0 amide bonds. The van der Waals surface area contributed by atoms with Crippen LogP contribution in [0.25, 0.3) is 0 Å². The summed E-state index contributed by atoms with van der Waals surface area (Å²) in [5.41, 5.74) is 2.59. The Labute approximate surface area is 104 Å². The van der Waals surface area contributed by atoms with Crippen LogP contribution < -0.4 is 4.74 Å². The summed E-state index contributed by atoms with van der Waals surface area (Å²) in [5, 5.41) is 0. The van der Waals surface area contributed by atoms with Crippen LogP contribution in [0.1, 0.15) is 50.2 Å². The van der Waals surface area contributed by atoms with E-state index in [4.69, 9.17) is 16.3 Å². The third-order valence-corrected chi connectivity index (χ3v) is 3.40. The Hall–Kier alpha value is -0.690. The molecule has 0 bridgehead atoms. The molecule has 2 heteroatoms. The molecule has 1 unspecified atom stereocenters. The van der Waals surface area contributed by atoms with Gasteiger partial charge in [-0.05, 0) is 35.4 Å². The summed E-state index contributed by atoms with van der Waals surface area (Å²) in [6.45, 7) is 6.54. The number of hydrogen-bond acceptors (Lipinski definition) is 1. The third-order valence-electron chi connectivity index (χ3n) is 3.03. The maximum absolute atomic E-state index is 5.98. The second-order valence-corrected chi connectivity index (χ2v) is 4.72. The molecule has 0 N–H and O–H groups in total. The number of alkyl halides is 1. The zero-order valence-electron chi connectivity index (χ0n) is 10.6. The predicted octanol–water partition coefficient (Wildman–Crippen LogP) is 4.55. The van der Waals surface area contributed by atoms with Gasteiger partial charge in [0.05, 0.1) is 7.11 Å². The highest BCUT2D eigenvalue weighted by atomic mass is 35.5. The van der Waals surface area contributed by atoms with Crippen LogP contribution in [0.3, 0.4) is 0 Å². The molecule has 16 heavy (non-hydrogen) atoms. The van der Waals surface area contributed by atoms with Gasteiger partial charge in [-0.25, -0.2) is 0 Å². The van der Waals surface area contributed by atoms with Crippen LogP contribution in [0.15, 0.2) is 18.2 Å². The predicted molar refractivity (Wildman–Crippen MR) is 70.8 cm³/mol. The number of hydrogen-bond donors (Lipinski definition) is 0. The first-order valence-corrected chi connectivity index (χ1v) is 6.41. The first-order chi connectivity index (χ1) is 7.63. The SMILES string of the molecule is CCC(CCl)c1ccc(OC)c(C(C)C)c1. The Morgan fingerprint density at radius 1 is 1.31 bits per heavy atom. The first kappa shape index (κ1) is 13.4. The molecule has 0 radical (unpaired) electrons. The van der Waals surface area contributed by atoms with Crippen LogP contribution in [0.4, 0.5) is 0 Å². The lowest BCUT2D eigenvalue weighted by Gasteiger charge is -2.17. The molecule has 90 valence electrons. The summed E-state index contributed by atoms with van der Waals surface area (Å²) in [5.74, 6) is 2.58. The van der Waals surface area contributed by atoms with E-state index in [9.17, 15) is 0 Å². The van der Waals surface area contributed by atoms with Crippen LogP contribution in [-0.4, -0.2) is 13.0 Å². The van der Waals surface area contributed by atoms with Crippen molar-refractivity contribution in [3.05, 3.63) is 29.3 Å². The first-order valence-electron chi connectivity index (χ1n) is 5.87. The molecule has 1 nitrogen and oxygen atoms in total. The van der Waals surface area contributed by atoms with E-state index >= 15 is 0 Å². The maximum atomic E-state index is 5.98. The van der Waals surface area contributed by atoms with Gasteiger partial charge < -0.3 is 4.74 Å². The number of methoxy groups -OCH3 is 1. The van der Waals surface area contributed by atoms with Crippen LogP contribution >= 0.6 is 11.6 Å². The fourth-order valence-electron chi connectivity index (χ4n) is 1.89. The average Bonchev–Trinajstić information content (AvgIpc) is 2.30. The molecule has 0 saturated carbocycles. The van der Waals surface area contributed by atoms with E-state index in [0.717, 1.165) is 12.2 Å². The van der Waals surface area contributed by atoms with Crippen molar-refractivity contribution < 1.29 is 4.74 Å². The zero-order chi connectivity index (χ0) is 12.1. The molecule has 1 atom stereocenters. The Kier molecular flexibility index (Phi) is 5.14. The van der Waals surface area contributed by atoms with Gasteiger partial charge in [0, 0.05) is 5.88 Å². The molecule has 0 saturated heterocycles. The fraction of sp³-hybridized carbons (Fsp3) is 0.571. The maximum Gasteiger partial charge on any atom is 0.122 e. The molecule has 1 aromatic rings. The molecular weight excluding hydrogens is 220 g/mol. The second kappa shape index (κ2) is 6.15. The number of ether oxygens (including phenoxy) is 1. The van der Waals surface area contributed by atoms with Gasteiger partial charge in [0.15, 0.2) is 0 Å². The van der Waals surface area contributed by atoms with Crippen molar-refractivity contribution >= 4 is 11.6 Å². The smallest absolute Gasteiger partial charge is 0.122 e. The highest BCUT2D eigenvalue weighted by Crippen LogP contribution is 2.31. The number of halogens is 1. The fourth-order valence-corrected chi connectivity index (χ4v) is 2.29. The minimum absolute atomic E-state index is 0.449. The van der Waals surface area contributed by atoms with E-state index in [-0.39, 0.29) is 0 Å². The molecule has 0 heterocycles. The van der Waals surface area contributed by atoms with Gasteiger partial charge in [0.1, 0.15) is 5.75 Å². The van der Waals surface area contributed by atoms with Gasteiger partial charge >= 0.3 is 0 Å². The lowest BCUT2D eigenvalue weighted by Crippen LogP contribution is -2.02. The van der Waals surface area contributed by atoms with Crippen LogP contribution in [-0.2, 0) is 0 Å². The van der Waals surface area contributed by atoms with Gasteiger partial charge in [-0.1, -0.05) is 32.9 Å². The van der Waals surface area contributed by atoms with E-state index in [1.807, 2.05) is 0 Å². The van der Waals surface area contributed by atoms with Crippen LogP contribution in [0.2, 0.25) is 0 Å². The molecule has 1 rings (SSSR count). The molecule has 0 aliphatic heterocycles. The lowest BCUT2D eigenvalue weighted by molar-refractivity contribution is 0.407. The largest absolute Gasteiger partial charge is 0.496 e. The Bertz CT molecular complexity index is 330. The quantitative estimate of drug-likeness (QED) is 0.686. The minimum atomic E-state index is 0.449. The van der Waals surface area contributed by atoms with Gasteiger partial charge in [-0.2, -0.15) is 0 Å². The van der Waals surface area contributed by atoms with Crippen LogP contribution in [0.5, 0.6) is 5.75 Å². The second-order valence-electron chi connectivity index (χ2n) is 4.42. The van der Waals surface area contributed by atoms with Crippen molar-refractivity contribution in [1.29, 1.82) is 0 Å². The standard InChI is InChI=1S/C14H21ClO/c1-5-11(9-15)12-6-7-14(16-4)13(8-12)10(2)3/h6-8,10-11H,5,9H2,1-4H3. The normalized spacial score (nSPS) is 12.9. The van der Waals surface area contributed by atoms with Crippen LogP contribution in [0, 0.1) is 0 Å². The van der Waals surface area contributed by atoms with Crippen molar-refractivity contribution in [3.63, 3.8) is 0 Å². The zero-order valence-corrected chi connectivity index (χ0v) is 11.3. The summed E-state index contributed by atoms with van der Waals surface area (Å²) in [6.07, 6.45) is 1.08. The topological polar surface area (TPSA) is 9.23 Å². The molecule has 1 aromatic carbocycles. The highest BCUT2D eigenvalue weighted by molar-refractivity contribution is 6.18. The lowest BCUT2D eigenvalue weighted by atomic mass is 9.92. The molecule has 0 aromatic heterocycles. The van der Waals surface area contributed by atoms with Crippen molar-refractivity contribution in [2.75, 3.05) is 13.0 Å².